The molecule has 3 amide bonds. The minimum Gasteiger partial charge on any atom is -0.351 e. The molecule has 142 valence electrons. The quantitative estimate of drug-likeness (QED) is 0.779. The number of nitrogens with one attached hydrogen (secondary N) is 2. The van der Waals surface area contributed by atoms with Gasteiger partial charge in [-0.1, -0.05) is 18.2 Å². The molecule has 2 rings (SSSR count). The Bertz CT molecular complexity index is 828. The fraction of sp³-hybridized carbons (Fsp3) is 0.211. The minimum absolute atomic E-state index is 0.0425. The summed E-state index contributed by atoms with van der Waals surface area (Å²) >= 11 is 0. The monoisotopic (exact) mass is 375 g/mol. The zero-order chi connectivity index (χ0) is 19.8. The second-order valence-electron chi connectivity index (χ2n) is 5.79. The van der Waals surface area contributed by atoms with E-state index in [1.54, 1.807) is 24.3 Å². The van der Waals surface area contributed by atoms with E-state index >= 15 is 0 Å². The van der Waals surface area contributed by atoms with Crippen LogP contribution in [0.2, 0.25) is 0 Å². The third kappa shape index (κ3) is 6.18. The van der Waals surface area contributed by atoms with Gasteiger partial charge in [-0.15, -0.1) is 0 Å². The third-order valence-electron chi connectivity index (χ3n) is 3.66. The molecule has 0 aliphatic carbocycles. The Morgan fingerprint density at radius 1 is 1.04 bits per heavy atom. The molecule has 0 unspecified atom stereocenters. The number of amides is 3. The largest absolute Gasteiger partial charge is 0.351 e. The van der Waals surface area contributed by atoms with E-state index in [9.17, 15) is 23.2 Å². The molecule has 0 aliphatic heterocycles. The number of anilines is 1. The number of hydrogen-bond acceptors (Lipinski definition) is 3. The van der Waals surface area contributed by atoms with E-state index in [1.807, 2.05) is 6.07 Å². The van der Waals surface area contributed by atoms with Gasteiger partial charge in [-0.25, -0.2) is 8.78 Å². The van der Waals surface area contributed by atoms with E-state index in [0.29, 0.717) is 11.8 Å². The van der Waals surface area contributed by atoms with Crippen molar-refractivity contribution in [2.75, 3.05) is 25.5 Å². The smallest absolute Gasteiger partial charge is 0.254 e. The fourth-order valence-corrected chi connectivity index (χ4v) is 2.27. The van der Waals surface area contributed by atoms with Crippen LogP contribution in [0.15, 0.2) is 48.5 Å². The van der Waals surface area contributed by atoms with Gasteiger partial charge in [0.2, 0.25) is 11.8 Å². The van der Waals surface area contributed by atoms with Crippen LogP contribution in [0.25, 0.3) is 0 Å². The highest BCUT2D eigenvalue weighted by Gasteiger charge is 2.15. The molecule has 0 fully saturated rings. The van der Waals surface area contributed by atoms with Crippen LogP contribution >= 0.6 is 0 Å². The molecule has 0 atom stereocenters. The van der Waals surface area contributed by atoms with Gasteiger partial charge in [0.25, 0.3) is 5.91 Å². The predicted octanol–water partition coefficient (Wildman–Crippen LogP) is 2.18. The first-order chi connectivity index (χ1) is 12.9. The number of halogens is 2. The summed E-state index contributed by atoms with van der Waals surface area (Å²) < 4.78 is 26.4. The van der Waals surface area contributed by atoms with Crippen molar-refractivity contribution >= 4 is 23.4 Å². The Kier molecular flexibility index (Phi) is 6.99. The highest BCUT2D eigenvalue weighted by Crippen LogP contribution is 2.09. The number of likely N-dealkylation sites (N-methyl/N-ethyl adjacent to an activating group) is 1. The highest BCUT2D eigenvalue weighted by atomic mass is 19.1. The predicted molar refractivity (Wildman–Crippen MR) is 96.0 cm³/mol. The fourth-order valence-electron chi connectivity index (χ4n) is 2.27. The lowest BCUT2D eigenvalue weighted by atomic mass is 10.2. The Morgan fingerprint density at radius 2 is 1.74 bits per heavy atom. The summed E-state index contributed by atoms with van der Waals surface area (Å²) in [6, 6.07) is 11.4. The van der Waals surface area contributed by atoms with Crippen molar-refractivity contribution in [2.24, 2.45) is 0 Å². The first-order valence-electron chi connectivity index (χ1n) is 8.19. The van der Waals surface area contributed by atoms with Crippen LogP contribution < -0.4 is 10.6 Å². The maximum absolute atomic E-state index is 13.5. The summed E-state index contributed by atoms with van der Waals surface area (Å²) in [5.41, 5.74) is 0.316. The van der Waals surface area contributed by atoms with Crippen molar-refractivity contribution in [1.82, 2.24) is 10.2 Å². The Labute approximate surface area is 155 Å². The normalized spacial score (nSPS) is 10.2. The molecule has 0 radical (unpaired) electrons. The molecule has 0 spiro atoms. The van der Waals surface area contributed by atoms with Crippen LogP contribution in [0.5, 0.6) is 0 Å². The summed E-state index contributed by atoms with van der Waals surface area (Å²) in [5, 5.41) is 5.05. The van der Waals surface area contributed by atoms with Gasteiger partial charge in [0.05, 0.1) is 12.1 Å². The molecule has 0 heterocycles. The van der Waals surface area contributed by atoms with Crippen molar-refractivity contribution in [3.05, 3.63) is 65.7 Å². The number of para-hydroxylation sites is 1. The molecule has 6 nitrogen and oxygen atoms in total. The maximum atomic E-state index is 13.5. The molecule has 2 aromatic rings. The molecule has 0 saturated carbocycles. The molecular weight excluding hydrogens is 356 g/mol. The number of nitrogens with zero attached hydrogens (tertiary/aromatic N) is 1. The van der Waals surface area contributed by atoms with Crippen molar-refractivity contribution in [1.29, 1.82) is 0 Å². The molecule has 0 aromatic heterocycles. The number of carbonyl (C=O) groups excluding carboxylic acids is 3. The van der Waals surface area contributed by atoms with Crippen molar-refractivity contribution in [2.45, 2.75) is 6.42 Å². The lowest BCUT2D eigenvalue weighted by molar-refractivity contribution is -0.133. The van der Waals surface area contributed by atoms with E-state index in [-0.39, 0.29) is 36.9 Å². The molecule has 0 bridgehead atoms. The van der Waals surface area contributed by atoms with Gasteiger partial charge in [0, 0.05) is 31.8 Å². The number of carbonyl (C=O) groups is 3. The molecule has 27 heavy (non-hydrogen) atoms. The van der Waals surface area contributed by atoms with E-state index in [0.717, 1.165) is 12.1 Å². The van der Waals surface area contributed by atoms with Crippen molar-refractivity contribution in [3.63, 3.8) is 0 Å². The van der Waals surface area contributed by atoms with Gasteiger partial charge < -0.3 is 15.5 Å². The first-order valence-corrected chi connectivity index (χ1v) is 8.19. The topological polar surface area (TPSA) is 78.5 Å². The van der Waals surface area contributed by atoms with Crippen molar-refractivity contribution < 1.29 is 23.2 Å². The Hall–Kier alpha value is -3.29. The number of benzene rings is 2. The first kappa shape index (κ1) is 20.0. The van der Waals surface area contributed by atoms with Crippen LogP contribution in [-0.2, 0) is 9.59 Å². The van der Waals surface area contributed by atoms with Crippen LogP contribution in [-0.4, -0.2) is 42.8 Å². The van der Waals surface area contributed by atoms with E-state index in [4.69, 9.17) is 0 Å². The molecule has 2 N–H and O–H groups in total. The van der Waals surface area contributed by atoms with Crippen molar-refractivity contribution in [3.8, 4) is 0 Å². The molecular formula is C19H19F2N3O3. The van der Waals surface area contributed by atoms with Gasteiger partial charge in [0.15, 0.2) is 0 Å². The van der Waals surface area contributed by atoms with Gasteiger partial charge in [-0.2, -0.15) is 0 Å². The molecule has 0 saturated heterocycles. The average molecular weight is 375 g/mol. The van der Waals surface area contributed by atoms with E-state index < -0.39 is 17.5 Å². The molecule has 8 heteroatoms. The summed E-state index contributed by atoms with van der Waals surface area (Å²) in [7, 11) is 1.47. The summed E-state index contributed by atoms with van der Waals surface area (Å²) in [6.45, 7) is -0.187. The average Bonchev–Trinajstić information content (AvgIpc) is 2.62. The Balaban J connectivity index is 1.76. The SMILES string of the molecule is CN(CC(=O)Nc1ccccc1)C(=O)CCNC(=O)c1ccc(F)cc1F. The van der Waals surface area contributed by atoms with Gasteiger partial charge >= 0.3 is 0 Å². The van der Waals surface area contributed by atoms with Gasteiger partial charge in [-0.05, 0) is 24.3 Å². The summed E-state index contributed by atoms with van der Waals surface area (Å²) in [6.07, 6.45) is -0.0658. The Morgan fingerprint density at radius 3 is 2.41 bits per heavy atom. The lowest BCUT2D eigenvalue weighted by Gasteiger charge is -2.17. The second-order valence-corrected chi connectivity index (χ2v) is 5.79. The van der Waals surface area contributed by atoms with E-state index in [2.05, 4.69) is 10.6 Å². The standard InChI is InChI=1S/C19H19F2N3O3/c1-24(12-17(25)23-14-5-3-2-4-6-14)18(26)9-10-22-19(27)15-8-7-13(20)11-16(15)21/h2-8,11H,9-10,12H2,1H3,(H,22,27)(H,23,25). The number of rotatable bonds is 7. The van der Waals surface area contributed by atoms with Crippen LogP contribution in [0.4, 0.5) is 14.5 Å². The summed E-state index contributed by atoms with van der Waals surface area (Å²) in [4.78, 5) is 37.0. The summed E-state index contributed by atoms with van der Waals surface area (Å²) in [5.74, 6) is -3.22. The third-order valence-corrected chi connectivity index (χ3v) is 3.66. The van der Waals surface area contributed by atoms with Crippen LogP contribution in [0.3, 0.4) is 0 Å². The van der Waals surface area contributed by atoms with Gasteiger partial charge in [-0.3, -0.25) is 14.4 Å². The van der Waals surface area contributed by atoms with Gasteiger partial charge in [0.1, 0.15) is 11.6 Å². The molecule has 0 aliphatic rings. The highest BCUT2D eigenvalue weighted by molar-refractivity contribution is 5.95. The zero-order valence-electron chi connectivity index (χ0n) is 14.7. The minimum atomic E-state index is -0.978. The lowest BCUT2D eigenvalue weighted by Crippen LogP contribution is -2.37. The maximum Gasteiger partial charge on any atom is 0.254 e. The zero-order valence-corrected chi connectivity index (χ0v) is 14.7. The number of hydrogen-bond donors (Lipinski definition) is 2. The van der Waals surface area contributed by atoms with Crippen LogP contribution in [0, 0.1) is 11.6 Å². The van der Waals surface area contributed by atoms with E-state index in [1.165, 1.54) is 11.9 Å². The molecule has 2 aromatic carbocycles. The second kappa shape index (κ2) is 9.42. The van der Waals surface area contributed by atoms with Crippen LogP contribution in [0.1, 0.15) is 16.8 Å².